The highest BCUT2D eigenvalue weighted by Gasteiger charge is 2.40. The molecule has 1 amide bonds. The predicted molar refractivity (Wildman–Crippen MR) is 206 cm³/mol. The molecule has 4 aromatic carbocycles. The lowest BCUT2D eigenvalue weighted by atomic mass is 9.84. The second-order valence-electron chi connectivity index (χ2n) is 14.4. The van der Waals surface area contributed by atoms with E-state index in [2.05, 4.69) is 20.7 Å². The summed E-state index contributed by atoms with van der Waals surface area (Å²) in [4.78, 5) is 35.1. The third kappa shape index (κ3) is 9.49. The van der Waals surface area contributed by atoms with Crippen LogP contribution in [0.1, 0.15) is 45.8 Å². The number of rotatable bonds is 15. The van der Waals surface area contributed by atoms with Crippen LogP contribution in [0.15, 0.2) is 91.0 Å². The molecule has 0 aromatic heterocycles. The number of hydrogen-bond acceptors (Lipinski definition) is 11. The van der Waals surface area contributed by atoms with E-state index in [1.54, 1.807) is 42.3 Å². The minimum absolute atomic E-state index is 0.0574. The summed E-state index contributed by atoms with van der Waals surface area (Å²) in [5.41, 5.74) is 4.39. The quantitative estimate of drug-likeness (QED) is 0.0918. The monoisotopic (exact) mass is 770 g/mol. The number of carbonyl (C=O) groups excluding carboxylic acids is 1. The van der Waals surface area contributed by atoms with E-state index in [-0.39, 0.29) is 44.1 Å². The molecule has 56 heavy (non-hydrogen) atoms. The number of β-amino-alcohol motifs (C(OH)–C–C–N with tert-alkyl or cyclic N) is 1. The molecule has 4 unspecified atom stereocenters. The van der Waals surface area contributed by atoms with Crippen LogP contribution in [0.3, 0.4) is 0 Å². The second kappa shape index (κ2) is 18.0. The normalized spacial score (nSPS) is 20.7. The maximum absolute atomic E-state index is 13.9. The molecule has 14 heteroatoms. The maximum Gasteiger partial charge on any atom is 0.294 e. The first-order valence-electron chi connectivity index (χ1n) is 19.0. The number of piperidine rings is 1. The first kappa shape index (κ1) is 38.8. The van der Waals surface area contributed by atoms with Gasteiger partial charge in [0, 0.05) is 63.5 Å². The summed E-state index contributed by atoms with van der Waals surface area (Å²) >= 11 is 0. The number of nitrogens with zero attached hydrogens (tertiary/aromatic N) is 4. The zero-order valence-corrected chi connectivity index (χ0v) is 31.3. The molecular weight excluding hydrogens is 723 g/mol. The van der Waals surface area contributed by atoms with Crippen molar-refractivity contribution in [2.45, 2.75) is 50.3 Å². The van der Waals surface area contributed by atoms with Crippen molar-refractivity contribution >= 4 is 17.3 Å². The highest BCUT2D eigenvalue weighted by Crippen LogP contribution is 2.36. The molecule has 13 nitrogen and oxygen atoms in total. The Morgan fingerprint density at radius 2 is 1.79 bits per heavy atom. The number of carbonyl (C=O) groups is 1. The lowest BCUT2D eigenvalue weighted by Gasteiger charge is -2.42. The molecule has 3 aliphatic heterocycles. The Labute approximate surface area is 325 Å². The topological polar surface area (TPSA) is 136 Å². The molecule has 296 valence electrons. The first-order chi connectivity index (χ1) is 27.2. The zero-order chi connectivity index (χ0) is 39.0. The average molecular weight is 771 g/mol. The molecule has 7 rings (SSSR count). The first-order valence-corrected chi connectivity index (χ1v) is 19.0. The fourth-order valence-corrected chi connectivity index (χ4v) is 7.79. The minimum Gasteiger partial charge on any atom is -0.490 e. The summed E-state index contributed by atoms with van der Waals surface area (Å²) in [6.45, 7) is 4.45. The van der Waals surface area contributed by atoms with Gasteiger partial charge in [-0.2, -0.15) is 0 Å². The summed E-state index contributed by atoms with van der Waals surface area (Å²) in [7, 11) is 1.70. The van der Waals surface area contributed by atoms with Crippen molar-refractivity contribution in [3.8, 4) is 11.5 Å². The number of halogens is 1. The molecule has 2 saturated heterocycles. The van der Waals surface area contributed by atoms with Crippen LogP contribution in [0.2, 0.25) is 0 Å². The van der Waals surface area contributed by atoms with Crippen molar-refractivity contribution < 1.29 is 43.2 Å². The molecule has 0 aliphatic carbocycles. The zero-order valence-electron chi connectivity index (χ0n) is 31.3. The van der Waals surface area contributed by atoms with Gasteiger partial charge in [-0.25, -0.2) is 4.39 Å². The molecule has 2 fully saturated rings. The molecular formula is C42H47FN4O9. The van der Waals surface area contributed by atoms with Crippen LogP contribution < -0.4 is 19.3 Å². The highest BCUT2D eigenvalue weighted by atomic mass is 19.1. The van der Waals surface area contributed by atoms with Crippen LogP contribution in [0.4, 0.5) is 15.8 Å². The van der Waals surface area contributed by atoms with Crippen molar-refractivity contribution in [2.75, 3.05) is 69.4 Å². The Hall–Kier alpha value is -5.44. The number of methoxy groups -OCH3 is 1. The van der Waals surface area contributed by atoms with Gasteiger partial charge in [-0.1, -0.05) is 36.4 Å². The molecule has 0 spiro atoms. The largest absolute Gasteiger partial charge is 0.490 e. The lowest BCUT2D eigenvalue weighted by Crippen LogP contribution is -2.53. The summed E-state index contributed by atoms with van der Waals surface area (Å²) in [6.07, 6.45) is 0.0577. The standard InChI is InChI=1S/C42H47FN4O9/c1-52-19-4-16-44-18-20-53-39-14-9-30(22-37(39)44)27-54-40-26-46(42(49)32-6-2-5-29(21-32)28-55-47(50)51)25-38(48)41(40)31-10-12-35(13-11-31)56-36-15-17-45(24-36)34-8-3-7-33(43)23-34/h2-3,5-14,21-23,36,38,40-41,48H,4,15-20,24-28H2,1H3. The van der Waals surface area contributed by atoms with Crippen LogP contribution in [0, 0.1) is 15.9 Å². The molecule has 0 radical (unpaired) electrons. The van der Waals surface area contributed by atoms with E-state index in [0.717, 1.165) is 60.7 Å². The van der Waals surface area contributed by atoms with Crippen molar-refractivity contribution in [1.82, 2.24) is 4.90 Å². The Kier molecular flexibility index (Phi) is 12.5. The molecule has 4 atom stereocenters. The maximum atomic E-state index is 13.9. The summed E-state index contributed by atoms with van der Waals surface area (Å²) in [5.74, 6) is 0.437. The number of benzene rings is 4. The van der Waals surface area contributed by atoms with Crippen molar-refractivity contribution in [2.24, 2.45) is 0 Å². The van der Waals surface area contributed by atoms with Gasteiger partial charge in [0.1, 0.15) is 36.6 Å². The number of aliphatic hydroxyl groups is 1. The number of ether oxygens (including phenoxy) is 4. The van der Waals surface area contributed by atoms with Crippen molar-refractivity contribution in [1.29, 1.82) is 0 Å². The van der Waals surface area contributed by atoms with Gasteiger partial charge in [0.15, 0.2) is 0 Å². The fourth-order valence-electron chi connectivity index (χ4n) is 7.79. The van der Waals surface area contributed by atoms with Gasteiger partial charge in [-0.3, -0.25) is 4.79 Å². The van der Waals surface area contributed by atoms with Gasteiger partial charge < -0.3 is 43.6 Å². The number of amides is 1. The molecule has 3 heterocycles. The summed E-state index contributed by atoms with van der Waals surface area (Å²) < 4.78 is 38.0. The number of anilines is 2. The van der Waals surface area contributed by atoms with Gasteiger partial charge in [0.25, 0.3) is 11.0 Å². The van der Waals surface area contributed by atoms with Crippen molar-refractivity contribution in [3.05, 3.63) is 129 Å². The molecule has 0 bridgehead atoms. The number of fused-ring (bicyclic) bond motifs is 1. The van der Waals surface area contributed by atoms with Crippen LogP contribution in [0.5, 0.6) is 11.5 Å². The number of aliphatic hydroxyl groups excluding tert-OH is 1. The minimum atomic E-state index is -0.965. The van der Waals surface area contributed by atoms with Crippen molar-refractivity contribution in [3.63, 3.8) is 0 Å². The van der Waals surface area contributed by atoms with Gasteiger partial charge in [0.05, 0.1) is 37.6 Å². The van der Waals surface area contributed by atoms with Crippen LogP contribution in [0.25, 0.3) is 0 Å². The number of hydrogen-bond donors (Lipinski definition) is 1. The smallest absolute Gasteiger partial charge is 0.294 e. The van der Waals surface area contributed by atoms with E-state index in [9.17, 15) is 24.4 Å². The van der Waals surface area contributed by atoms with Gasteiger partial charge >= 0.3 is 0 Å². The molecule has 3 aliphatic rings. The molecule has 0 saturated carbocycles. The number of likely N-dealkylation sites (tertiary alicyclic amines) is 1. The van der Waals surface area contributed by atoms with E-state index >= 15 is 0 Å². The average Bonchev–Trinajstić information content (AvgIpc) is 3.68. The van der Waals surface area contributed by atoms with E-state index in [0.29, 0.717) is 36.6 Å². The fraction of sp³-hybridized carbons (Fsp3) is 0.405. The van der Waals surface area contributed by atoms with E-state index < -0.39 is 23.2 Å². The lowest BCUT2D eigenvalue weighted by molar-refractivity contribution is -0.763. The van der Waals surface area contributed by atoms with E-state index in [1.165, 1.54) is 12.1 Å². The van der Waals surface area contributed by atoms with E-state index in [1.807, 2.05) is 42.5 Å². The molecule has 4 aromatic rings. The summed E-state index contributed by atoms with van der Waals surface area (Å²) in [5, 5.41) is 21.6. The Balaban J connectivity index is 1.08. The third-order valence-corrected chi connectivity index (χ3v) is 10.5. The van der Waals surface area contributed by atoms with Crippen LogP contribution in [-0.4, -0.2) is 98.9 Å². The highest BCUT2D eigenvalue weighted by molar-refractivity contribution is 5.94. The van der Waals surface area contributed by atoms with Crippen LogP contribution in [-0.2, 0) is 27.5 Å². The third-order valence-electron chi connectivity index (χ3n) is 10.5. The van der Waals surface area contributed by atoms with Gasteiger partial charge in [-0.05, 0) is 77.7 Å². The van der Waals surface area contributed by atoms with E-state index in [4.69, 9.17) is 18.9 Å². The SMILES string of the molecule is COCCCN1CCOc2ccc(COC3CN(C(=O)c4cccc(CO[N+](=O)[O-])c4)CC(O)C3c3ccc(OC4CCN(c5cccc(F)c5)C4)cc3)cc21. The molecule has 1 N–H and O–H groups in total. The Bertz CT molecular complexity index is 1970. The Morgan fingerprint density at radius 1 is 0.964 bits per heavy atom. The van der Waals surface area contributed by atoms with Gasteiger partial charge in [0.2, 0.25) is 0 Å². The Morgan fingerprint density at radius 3 is 2.59 bits per heavy atom. The van der Waals surface area contributed by atoms with Crippen LogP contribution >= 0.6 is 0 Å². The predicted octanol–water partition coefficient (Wildman–Crippen LogP) is 5.61. The summed E-state index contributed by atoms with van der Waals surface area (Å²) in [6, 6.07) is 26.7. The van der Waals surface area contributed by atoms with Gasteiger partial charge in [-0.15, -0.1) is 10.1 Å². The second-order valence-corrected chi connectivity index (χ2v) is 14.4.